The molecule has 0 aliphatic heterocycles. The lowest BCUT2D eigenvalue weighted by Crippen LogP contribution is -2.39. The van der Waals surface area contributed by atoms with Crippen molar-refractivity contribution in [1.82, 2.24) is 5.32 Å². The van der Waals surface area contributed by atoms with Gasteiger partial charge >= 0.3 is 0 Å². The molecule has 1 fully saturated rings. The van der Waals surface area contributed by atoms with E-state index in [-0.39, 0.29) is 5.91 Å². The summed E-state index contributed by atoms with van der Waals surface area (Å²) >= 11 is 0. The predicted octanol–water partition coefficient (Wildman–Crippen LogP) is 3.28. The molecule has 3 heteroatoms. The number of hydrogen-bond acceptors (Lipinski definition) is 2. The average molecular weight is 260 g/mol. The largest absolute Gasteiger partial charge is 0.399 e. The maximum atomic E-state index is 12.4. The Morgan fingerprint density at radius 3 is 2.74 bits per heavy atom. The lowest BCUT2D eigenvalue weighted by Gasteiger charge is -2.23. The van der Waals surface area contributed by atoms with Crippen LogP contribution >= 0.6 is 0 Å². The van der Waals surface area contributed by atoms with Crippen molar-refractivity contribution in [3.63, 3.8) is 0 Å². The van der Waals surface area contributed by atoms with Crippen LogP contribution in [-0.2, 0) is 0 Å². The molecule has 0 bridgehead atoms. The van der Waals surface area contributed by atoms with Crippen LogP contribution in [-0.4, -0.2) is 11.9 Å². The van der Waals surface area contributed by atoms with Crippen LogP contribution in [0.1, 0.15) is 54.9 Å². The fourth-order valence-electron chi connectivity index (χ4n) is 2.90. The molecular weight excluding hydrogens is 236 g/mol. The van der Waals surface area contributed by atoms with Gasteiger partial charge in [0, 0.05) is 17.3 Å². The van der Waals surface area contributed by atoms with E-state index in [1.54, 1.807) is 6.07 Å². The van der Waals surface area contributed by atoms with E-state index in [2.05, 4.69) is 12.2 Å². The molecule has 1 amide bonds. The highest BCUT2D eigenvalue weighted by Gasteiger charge is 2.22. The Morgan fingerprint density at radius 2 is 2.00 bits per heavy atom. The quantitative estimate of drug-likeness (QED) is 0.633. The summed E-state index contributed by atoms with van der Waals surface area (Å²) in [6.45, 7) is 4.17. The summed E-state index contributed by atoms with van der Waals surface area (Å²) in [6.07, 6.45) is 6.11. The van der Waals surface area contributed by atoms with E-state index >= 15 is 0 Å². The molecule has 1 aliphatic rings. The number of nitrogen functional groups attached to an aromatic ring is 1. The molecule has 1 saturated carbocycles. The van der Waals surface area contributed by atoms with Gasteiger partial charge < -0.3 is 11.1 Å². The summed E-state index contributed by atoms with van der Waals surface area (Å²) in [6, 6.07) is 5.78. The molecule has 19 heavy (non-hydrogen) atoms. The number of aryl methyl sites for hydroxylation is 1. The second-order valence-corrected chi connectivity index (χ2v) is 5.77. The van der Waals surface area contributed by atoms with Gasteiger partial charge in [0.1, 0.15) is 0 Å². The molecule has 1 aliphatic carbocycles. The number of anilines is 1. The molecule has 0 heterocycles. The lowest BCUT2D eigenvalue weighted by molar-refractivity contribution is 0.0921. The van der Waals surface area contributed by atoms with Gasteiger partial charge in [-0.1, -0.05) is 26.2 Å². The molecule has 0 spiro atoms. The zero-order chi connectivity index (χ0) is 13.8. The number of carbonyl (C=O) groups is 1. The zero-order valence-electron chi connectivity index (χ0n) is 11.9. The van der Waals surface area contributed by atoms with E-state index in [0.717, 1.165) is 17.5 Å². The maximum Gasteiger partial charge on any atom is 0.251 e. The Balaban J connectivity index is 2.07. The van der Waals surface area contributed by atoms with Gasteiger partial charge in [0.25, 0.3) is 5.91 Å². The van der Waals surface area contributed by atoms with Crippen LogP contribution in [0.4, 0.5) is 5.69 Å². The number of benzene rings is 1. The molecule has 1 aromatic rings. The van der Waals surface area contributed by atoms with Gasteiger partial charge in [0.15, 0.2) is 0 Å². The third kappa shape index (κ3) is 3.49. The molecule has 2 atom stereocenters. The molecule has 2 rings (SSSR count). The second-order valence-electron chi connectivity index (χ2n) is 5.77. The fourth-order valence-corrected chi connectivity index (χ4v) is 2.90. The number of nitrogens with two attached hydrogens (primary N) is 1. The monoisotopic (exact) mass is 260 g/mol. The number of hydrogen-bond donors (Lipinski definition) is 2. The van der Waals surface area contributed by atoms with Crippen LogP contribution in [0.3, 0.4) is 0 Å². The number of nitrogens with one attached hydrogen (secondary N) is 1. The Bertz CT molecular complexity index is 456. The van der Waals surface area contributed by atoms with Crippen molar-refractivity contribution in [2.24, 2.45) is 5.92 Å². The molecule has 0 radical (unpaired) electrons. The first kappa shape index (κ1) is 13.9. The number of amides is 1. The molecule has 0 aromatic heterocycles. The van der Waals surface area contributed by atoms with Crippen LogP contribution in [0, 0.1) is 12.8 Å². The summed E-state index contributed by atoms with van der Waals surface area (Å²) in [5, 5.41) is 3.21. The van der Waals surface area contributed by atoms with Crippen LogP contribution < -0.4 is 11.1 Å². The van der Waals surface area contributed by atoms with Crippen molar-refractivity contribution in [3.05, 3.63) is 29.3 Å². The Hall–Kier alpha value is -1.51. The van der Waals surface area contributed by atoms with Crippen molar-refractivity contribution in [2.75, 3.05) is 5.73 Å². The van der Waals surface area contributed by atoms with E-state index in [1.165, 1.54) is 25.7 Å². The third-order valence-corrected chi connectivity index (χ3v) is 4.17. The summed E-state index contributed by atoms with van der Waals surface area (Å²) in [7, 11) is 0. The first-order chi connectivity index (χ1) is 9.08. The van der Waals surface area contributed by atoms with Gasteiger partial charge in [-0.2, -0.15) is 0 Å². The van der Waals surface area contributed by atoms with Crippen molar-refractivity contribution in [2.45, 2.75) is 52.0 Å². The molecule has 3 nitrogen and oxygen atoms in total. The predicted molar refractivity (Wildman–Crippen MR) is 79.1 cm³/mol. The van der Waals surface area contributed by atoms with Gasteiger partial charge in [-0.3, -0.25) is 4.79 Å². The van der Waals surface area contributed by atoms with Gasteiger partial charge in [-0.05, 0) is 49.4 Å². The molecule has 0 saturated heterocycles. The fraction of sp³-hybridized carbons (Fsp3) is 0.562. The van der Waals surface area contributed by atoms with E-state index in [0.29, 0.717) is 17.6 Å². The smallest absolute Gasteiger partial charge is 0.251 e. The van der Waals surface area contributed by atoms with Crippen LogP contribution in [0.5, 0.6) is 0 Å². The van der Waals surface area contributed by atoms with Gasteiger partial charge in [0.05, 0.1) is 0 Å². The minimum atomic E-state index is 0.0382. The van der Waals surface area contributed by atoms with Crippen molar-refractivity contribution >= 4 is 11.6 Å². The maximum absolute atomic E-state index is 12.4. The third-order valence-electron chi connectivity index (χ3n) is 4.17. The summed E-state index contributed by atoms with van der Waals surface area (Å²) in [5.74, 6) is 0.608. The van der Waals surface area contributed by atoms with Gasteiger partial charge in [-0.25, -0.2) is 0 Å². The normalized spacial score (nSPS) is 23.7. The van der Waals surface area contributed by atoms with Gasteiger partial charge in [-0.15, -0.1) is 0 Å². The summed E-state index contributed by atoms with van der Waals surface area (Å²) in [4.78, 5) is 12.4. The zero-order valence-corrected chi connectivity index (χ0v) is 11.9. The minimum absolute atomic E-state index is 0.0382. The van der Waals surface area contributed by atoms with E-state index in [4.69, 9.17) is 5.73 Å². The molecule has 104 valence electrons. The molecule has 1 aromatic carbocycles. The minimum Gasteiger partial charge on any atom is -0.399 e. The van der Waals surface area contributed by atoms with Crippen molar-refractivity contribution in [3.8, 4) is 0 Å². The van der Waals surface area contributed by atoms with Crippen molar-refractivity contribution < 1.29 is 4.79 Å². The van der Waals surface area contributed by atoms with Crippen LogP contribution in [0.2, 0.25) is 0 Å². The van der Waals surface area contributed by atoms with E-state index in [1.807, 2.05) is 19.1 Å². The number of rotatable bonds is 2. The van der Waals surface area contributed by atoms with Crippen molar-refractivity contribution in [1.29, 1.82) is 0 Å². The highest BCUT2D eigenvalue weighted by molar-refractivity contribution is 5.96. The Labute approximate surface area is 115 Å². The topological polar surface area (TPSA) is 55.1 Å². The number of carbonyl (C=O) groups excluding carboxylic acids is 1. The molecular formula is C16H24N2O. The standard InChI is InChI=1S/C16H24N2O/c1-11-6-4-3-5-7-15(11)18-16(19)14-9-8-13(17)10-12(14)2/h8-11,15H,3-7,17H2,1-2H3,(H,18,19). The summed E-state index contributed by atoms with van der Waals surface area (Å²) in [5.41, 5.74) is 8.11. The van der Waals surface area contributed by atoms with E-state index < -0.39 is 0 Å². The lowest BCUT2D eigenvalue weighted by atomic mass is 9.96. The Kier molecular flexibility index (Phi) is 4.46. The SMILES string of the molecule is Cc1cc(N)ccc1C(=O)NC1CCCCCC1C. The van der Waals surface area contributed by atoms with Crippen LogP contribution in [0.15, 0.2) is 18.2 Å². The first-order valence-electron chi connectivity index (χ1n) is 7.25. The second kappa shape index (κ2) is 6.09. The summed E-state index contributed by atoms with van der Waals surface area (Å²) < 4.78 is 0. The highest BCUT2D eigenvalue weighted by atomic mass is 16.1. The van der Waals surface area contributed by atoms with E-state index in [9.17, 15) is 4.79 Å². The average Bonchev–Trinajstić information content (AvgIpc) is 2.55. The molecule has 3 N–H and O–H groups in total. The highest BCUT2D eigenvalue weighted by Crippen LogP contribution is 2.23. The molecule has 2 unspecified atom stereocenters. The van der Waals surface area contributed by atoms with Gasteiger partial charge in [0.2, 0.25) is 0 Å². The first-order valence-corrected chi connectivity index (χ1v) is 7.25. The Morgan fingerprint density at radius 1 is 1.26 bits per heavy atom. The van der Waals surface area contributed by atoms with Crippen LogP contribution in [0.25, 0.3) is 0 Å².